The summed E-state index contributed by atoms with van der Waals surface area (Å²) >= 11 is 0. The van der Waals surface area contributed by atoms with E-state index in [0.29, 0.717) is 0 Å². The van der Waals surface area contributed by atoms with E-state index in [4.69, 9.17) is 9.52 Å². The van der Waals surface area contributed by atoms with Gasteiger partial charge in [0.15, 0.2) is 9.84 Å². The molecule has 7 heteroatoms. The normalized spacial score (nSPS) is 13.9. The summed E-state index contributed by atoms with van der Waals surface area (Å²) < 4.78 is 27.7. The van der Waals surface area contributed by atoms with E-state index in [1.165, 1.54) is 6.92 Å². The first-order chi connectivity index (χ1) is 7.64. The van der Waals surface area contributed by atoms with Crippen molar-refractivity contribution in [1.29, 1.82) is 0 Å². The fourth-order valence-electron chi connectivity index (χ4n) is 1.25. The first kappa shape index (κ1) is 13.7. The van der Waals surface area contributed by atoms with Crippen molar-refractivity contribution >= 4 is 15.8 Å². The Balaban J connectivity index is 3.31. The fourth-order valence-corrected chi connectivity index (χ4v) is 1.72. The van der Waals surface area contributed by atoms with Crippen molar-refractivity contribution in [1.82, 2.24) is 4.98 Å². The van der Waals surface area contributed by atoms with Crippen molar-refractivity contribution in [3.8, 4) is 0 Å². The molecule has 96 valence electrons. The molecule has 0 bridgehead atoms. The Morgan fingerprint density at radius 3 is 2.18 bits per heavy atom. The van der Waals surface area contributed by atoms with Gasteiger partial charge in [-0.2, -0.15) is 0 Å². The summed E-state index contributed by atoms with van der Waals surface area (Å²) in [7, 11) is -3.36. The van der Waals surface area contributed by atoms with Crippen molar-refractivity contribution in [2.24, 2.45) is 0 Å². The highest BCUT2D eigenvalue weighted by Gasteiger charge is 2.28. The Kier molecular flexibility index (Phi) is 3.61. The quantitative estimate of drug-likeness (QED) is 0.884. The largest absolute Gasteiger partial charge is 0.475 e. The average molecular weight is 261 g/mol. The van der Waals surface area contributed by atoms with Crippen LogP contribution < -0.4 is 0 Å². The van der Waals surface area contributed by atoms with E-state index < -0.39 is 21.1 Å². The molecule has 1 N–H and O–H groups in total. The van der Waals surface area contributed by atoms with Crippen molar-refractivity contribution < 1.29 is 22.7 Å². The highest BCUT2D eigenvalue weighted by atomic mass is 32.2. The fraction of sp³-hybridized carbons (Fsp3) is 0.600. The van der Waals surface area contributed by atoms with Crippen LogP contribution in [0.25, 0.3) is 0 Å². The molecule has 0 aliphatic heterocycles. The molecular formula is C10H15NO5S. The summed E-state index contributed by atoms with van der Waals surface area (Å²) in [6.45, 7) is 4.94. The number of carboxylic acids is 1. The van der Waals surface area contributed by atoms with E-state index in [1.54, 1.807) is 13.8 Å². The van der Waals surface area contributed by atoms with Crippen LogP contribution in [0.3, 0.4) is 0 Å². The molecule has 6 nitrogen and oxygen atoms in total. The standard InChI is InChI=1S/C10H15NO5S/c1-5(2)7-8(10(12)13)16-9(11-7)6(3)17(4,14)15/h5-6H,1-4H3,(H,12,13). The van der Waals surface area contributed by atoms with E-state index in [-0.39, 0.29) is 23.3 Å². The molecule has 0 amide bonds. The number of hydrogen-bond donors (Lipinski definition) is 1. The zero-order valence-corrected chi connectivity index (χ0v) is 10.9. The summed E-state index contributed by atoms with van der Waals surface area (Å²) in [5, 5.41) is 7.98. The topological polar surface area (TPSA) is 97.5 Å². The van der Waals surface area contributed by atoms with Gasteiger partial charge in [-0.25, -0.2) is 18.2 Å². The van der Waals surface area contributed by atoms with Crippen LogP contribution in [0, 0.1) is 0 Å². The predicted octanol–water partition coefficient (Wildman–Crippen LogP) is 1.60. The third-order valence-electron chi connectivity index (χ3n) is 2.40. The smallest absolute Gasteiger partial charge is 0.373 e. The van der Waals surface area contributed by atoms with Crippen LogP contribution in [-0.4, -0.2) is 30.7 Å². The summed E-state index contributed by atoms with van der Waals surface area (Å²) in [5.74, 6) is -1.75. The third kappa shape index (κ3) is 2.85. The van der Waals surface area contributed by atoms with E-state index in [0.717, 1.165) is 6.26 Å². The van der Waals surface area contributed by atoms with Gasteiger partial charge in [0.1, 0.15) is 5.25 Å². The molecule has 0 spiro atoms. The number of carboxylic acid groups (broad SMARTS) is 1. The summed E-state index contributed by atoms with van der Waals surface area (Å²) in [5.41, 5.74) is 0.267. The molecule has 1 atom stereocenters. The Hall–Kier alpha value is -1.37. The van der Waals surface area contributed by atoms with Crippen LogP contribution in [-0.2, 0) is 9.84 Å². The van der Waals surface area contributed by atoms with Gasteiger partial charge >= 0.3 is 5.97 Å². The average Bonchev–Trinajstić information content (AvgIpc) is 2.59. The van der Waals surface area contributed by atoms with Crippen LogP contribution in [0.15, 0.2) is 4.42 Å². The van der Waals surface area contributed by atoms with Gasteiger partial charge in [0.05, 0.1) is 5.69 Å². The maximum absolute atomic E-state index is 11.3. The second kappa shape index (κ2) is 4.48. The molecule has 1 heterocycles. The van der Waals surface area contributed by atoms with Crippen LogP contribution >= 0.6 is 0 Å². The molecule has 0 aromatic carbocycles. The van der Waals surface area contributed by atoms with Gasteiger partial charge in [-0.3, -0.25) is 0 Å². The molecule has 1 aromatic rings. The van der Waals surface area contributed by atoms with E-state index in [9.17, 15) is 13.2 Å². The second-order valence-electron chi connectivity index (χ2n) is 4.20. The van der Waals surface area contributed by atoms with Crippen LogP contribution in [0.5, 0.6) is 0 Å². The van der Waals surface area contributed by atoms with Crippen molar-refractivity contribution in [3.05, 3.63) is 17.3 Å². The van der Waals surface area contributed by atoms with Gasteiger partial charge in [0, 0.05) is 6.26 Å². The van der Waals surface area contributed by atoms with Gasteiger partial charge in [-0.05, 0) is 12.8 Å². The zero-order valence-electron chi connectivity index (χ0n) is 10.1. The number of carbonyl (C=O) groups is 1. The number of aromatic nitrogens is 1. The summed E-state index contributed by atoms with van der Waals surface area (Å²) in [6, 6.07) is 0. The minimum absolute atomic E-state index is 0.0754. The molecule has 0 saturated heterocycles. The maximum atomic E-state index is 11.3. The number of nitrogens with zero attached hydrogens (tertiary/aromatic N) is 1. The molecule has 17 heavy (non-hydrogen) atoms. The lowest BCUT2D eigenvalue weighted by atomic mass is 10.1. The molecule has 1 unspecified atom stereocenters. The first-order valence-electron chi connectivity index (χ1n) is 5.07. The minimum Gasteiger partial charge on any atom is -0.475 e. The second-order valence-corrected chi connectivity index (χ2v) is 6.56. The predicted molar refractivity (Wildman–Crippen MR) is 60.8 cm³/mol. The highest BCUT2D eigenvalue weighted by Crippen LogP contribution is 2.26. The zero-order chi connectivity index (χ0) is 13.4. The van der Waals surface area contributed by atoms with Gasteiger partial charge in [-0.15, -0.1) is 0 Å². The van der Waals surface area contributed by atoms with Gasteiger partial charge in [-0.1, -0.05) is 13.8 Å². The van der Waals surface area contributed by atoms with E-state index in [2.05, 4.69) is 4.98 Å². The number of oxazole rings is 1. The van der Waals surface area contributed by atoms with Gasteiger partial charge in [0.2, 0.25) is 11.7 Å². The molecule has 0 aliphatic rings. The molecule has 1 rings (SSSR count). The lowest BCUT2D eigenvalue weighted by Crippen LogP contribution is -2.08. The SMILES string of the molecule is CC(C)c1nc(C(C)S(C)(=O)=O)oc1C(=O)O. The molecule has 0 aliphatic carbocycles. The van der Waals surface area contributed by atoms with E-state index >= 15 is 0 Å². The van der Waals surface area contributed by atoms with Gasteiger partial charge < -0.3 is 9.52 Å². The number of aromatic carboxylic acids is 1. The van der Waals surface area contributed by atoms with Crippen LogP contribution in [0.4, 0.5) is 0 Å². The lowest BCUT2D eigenvalue weighted by molar-refractivity contribution is 0.0658. The Morgan fingerprint density at radius 1 is 1.35 bits per heavy atom. The minimum atomic E-state index is -3.36. The van der Waals surface area contributed by atoms with Crippen molar-refractivity contribution in [3.63, 3.8) is 0 Å². The van der Waals surface area contributed by atoms with E-state index in [1.807, 2.05) is 0 Å². The number of hydrogen-bond acceptors (Lipinski definition) is 5. The molecule has 0 radical (unpaired) electrons. The van der Waals surface area contributed by atoms with Crippen LogP contribution in [0.1, 0.15) is 54.1 Å². The Bertz CT molecular complexity index is 529. The van der Waals surface area contributed by atoms with Crippen molar-refractivity contribution in [2.45, 2.75) is 31.9 Å². The Labute approximate surface area is 99.6 Å². The molecule has 0 saturated carbocycles. The first-order valence-corrected chi connectivity index (χ1v) is 7.02. The summed E-state index contributed by atoms with van der Waals surface area (Å²) in [6.07, 6.45) is 1.05. The molecule has 1 aromatic heterocycles. The lowest BCUT2D eigenvalue weighted by Gasteiger charge is -2.03. The highest BCUT2D eigenvalue weighted by molar-refractivity contribution is 7.90. The maximum Gasteiger partial charge on any atom is 0.373 e. The molecular weight excluding hydrogens is 246 g/mol. The third-order valence-corrected chi connectivity index (χ3v) is 3.89. The number of sulfone groups is 1. The number of rotatable bonds is 4. The van der Waals surface area contributed by atoms with Crippen molar-refractivity contribution in [2.75, 3.05) is 6.26 Å². The van der Waals surface area contributed by atoms with Gasteiger partial charge in [0.25, 0.3) is 0 Å². The Morgan fingerprint density at radius 2 is 1.88 bits per heavy atom. The molecule has 0 fully saturated rings. The monoisotopic (exact) mass is 261 g/mol. The summed E-state index contributed by atoms with van der Waals surface area (Å²) in [4.78, 5) is 14.9. The van der Waals surface area contributed by atoms with Crippen LogP contribution in [0.2, 0.25) is 0 Å².